The Morgan fingerprint density at radius 3 is 1.95 bits per heavy atom. The summed E-state index contributed by atoms with van der Waals surface area (Å²) in [7, 11) is 0. The molecule has 38 heavy (non-hydrogen) atoms. The first-order valence-electron chi connectivity index (χ1n) is 13.0. The van der Waals surface area contributed by atoms with Crippen LogP contribution in [0.5, 0.6) is 0 Å². The minimum absolute atomic E-state index is 1.19. The van der Waals surface area contributed by atoms with E-state index < -0.39 is 0 Å². The average Bonchev–Trinajstić information content (AvgIpc) is 3.54. The number of fused-ring (bicyclic) bond motifs is 7. The summed E-state index contributed by atoms with van der Waals surface area (Å²) < 4.78 is 5.12. The molecule has 0 N–H and O–H groups in total. The van der Waals surface area contributed by atoms with E-state index in [0.717, 1.165) is 0 Å². The van der Waals surface area contributed by atoms with Gasteiger partial charge in [-0.05, 0) is 52.6 Å². The lowest BCUT2D eigenvalue weighted by Crippen LogP contribution is -1.93. The molecule has 178 valence electrons. The Bertz CT molecular complexity index is 2100. The molecule has 0 fully saturated rings. The van der Waals surface area contributed by atoms with Crippen molar-refractivity contribution < 1.29 is 0 Å². The molecule has 0 atom stereocenters. The summed E-state index contributed by atoms with van der Waals surface area (Å²) in [6.45, 7) is 0. The van der Waals surface area contributed by atoms with Crippen LogP contribution in [0.2, 0.25) is 0 Å². The number of hydrogen-bond donors (Lipinski definition) is 0. The van der Waals surface area contributed by atoms with Crippen molar-refractivity contribution in [3.63, 3.8) is 0 Å². The summed E-state index contributed by atoms with van der Waals surface area (Å²) in [6, 6.07) is 50.5. The molecule has 6 aromatic carbocycles. The van der Waals surface area contributed by atoms with Gasteiger partial charge < -0.3 is 4.57 Å². The van der Waals surface area contributed by atoms with Gasteiger partial charge in [-0.15, -0.1) is 11.3 Å². The van der Waals surface area contributed by atoms with Crippen LogP contribution in [-0.2, 0) is 0 Å². The molecule has 8 rings (SSSR count). The highest BCUT2D eigenvalue weighted by molar-refractivity contribution is 7.26. The van der Waals surface area contributed by atoms with Crippen molar-refractivity contribution in [1.82, 2.24) is 4.57 Å². The van der Waals surface area contributed by atoms with Crippen molar-refractivity contribution in [3.8, 4) is 27.9 Å². The van der Waals surface area contributed by atoms with Crippen LogP contribution in [0.15, 0.2) is 140 Å². The third-order valence-corrected chi connectivity index (χ3v) is 8.80. The van der Waals surface area contributed by atoms with Crippen LogP contribution in [0, 0.1) is 0 Å². The van der Waals surface area contributed by atoms with Gasteiger partial charge in [0.2, 0.25) is 0 Å². The van der Waals surface area contributed by atoms with Crippen molar-refractivity contribution in [2.75, 3.05) is 0 Å². The van der Waals surface area contributed by atoms with Crippen LogP contribution in [0.4, 0.5) is 0 Å². The van der Waals surface area contributed by atoms with E-state index in [4.69, 9.17) is 0 Å². The zero-order chi connectivity index (χ0) is 25.1. The molecule has 8 aromatic rings. The molecule has 2 heteroatoms. The summed E-state index contributed by atoms with van der Waals surface area (Å²) in [4.78, 5) is 0. The molecule has 0 saturated carbocycles. The number of para-hydroxylation sites is 1. The second-order valence-electron chi connectivity index (χ2n) is 9.75. The largest absolute Gasteiger partial charge is 0.309 e. The van der Waals surface area contributed by atoms with Crippen LogP contribution >= 0.6 is 11.3 Å². The highest BCUT2D eigenvalue weighted by atomic mass is 32.1. The van der Waals surface area contributed by atoms with Crippen LogP contribution in [0.1, 0.15) is 0 Å². The van der Waals surface area contributed by atoms with Gasteiger partial charge in [-0.1, -0.05) is 109 Å². The maximum atomic E-state index is 2.46. The third kappa shape index (κ3) is 3.17. The lowest BCUT2D eigenvalue weighted by Gasteiger charge is -2.09. The predicted molar refractivity (Wildman–Crippen MR) is 165 cm³/mol. The smallest absolute Gasteiger partial charge is 0.0634 e. The Morgan fingerprint density at radius 1 is 0.474 bits per heavy atom. The lowest BCUT2D eigenvalue weighted by molar-refractivity contribution is 1.19. The number of hydrogen-bond acceptors (Lipinski definition) is 1. The van der Waals surface area contributed by atoms with Gasteiger partial charge in [-0.2, -0.15) is 0 Å². The van der Waals surface area contributed by atoms with Gasteiger partial charge in [0.15, 0.2) is 0 Å². The highest BCUT2D eigenvalue weighted by Gasteiger charge is 2.19. The minimum atomic E-state index is 1.19. The van der Waals surface area contributed by atoms with Gasteiger partial charge in [0.1, 0.15) is 0 Å². The van der Waals surface area contributed by atoms with Gasteiger partial charge in [-0.3, -0.25) is 0 Å². The minimum Gasteiger partial charge on any atom is -0.309 e. The molecule has 2 aromatic heterocycles. The Hall–Kier alpha value is -4.66. The van der Waals surface area contributed by atoms with E-state index in [1.165, 1.54) is 69.9 Å². The first-order chi connectivity index (χ1) is 18.9. The molecular formula is C36H23NS. The summed E-state index contributed by atoms with van der Waals surface area (Å²) in [6.07, 6.45) is 0. The van der Waals surface area contributed by atoms with E-state index in [1.807, 2.05) is 11.3 Å². The summed E-state index contributed by atoms with van der Waals surface area (Å²) in [5, 5.41) is 5.23. The maximum Gasteiger partial charge on any atom is 0.0634 e. The second-order valence-corrected chi connectivity index (χ2v) is 10.8. The Labute approximate surface area is 224 Å². The van der Waals surface area contributed by atoms with Gasteiger partial charge in [-0.25, -0.2) is 0 Å². The first-order valence-corrected chi connectivity index (χ1v) is 13.8. The molecule has 1 nitrogen and oxygen atoms in total. The average molecular weight is 502 g/mol. The number of rotatable bonds is 3. The van der Waals surface area contributed by atoms with Crippen LogP contribution in [0.3, 0.4) is 0 Å². The van der Waals surface area contributed by atoms with E-state index in [-0.39, 0.29) is 0 Å². The third-order valence-electron chi connectivity index (χ3n) is 7.59. The van der Waals surface area contributed by atoms with Crippen molar-refractivity contribution in [2.45, 2.75) is 0 Å². The zero-order valence-corrected chi connectivity index (χ0v) is 21.5. The molecule has 0 radical (unpaired) electrons. The number of aromatic nitrogens is 1. The summed E-state index contributed by atoms with van der Waals surface area (Å²) in [5.74, 6) is 0. The van der Waals surface area contributed by atoms with Gasteiger partial charge >= 0.3 is 0 Å². The zero-order valence-electron chi connectivity index (χ0n) is 20.6. The summed E-state index contributed by atoms with van der Waals surface area (Å²) in [5.41, 5.74) is 8.74. The monoisotopic (exact) mass is 501 g/mol. The quantitative estimate of drug-likeness (QED) is 0.227. The van der Waals surface area contributed by atoms with Crippen LogP contribution in [0.25, 0.3) is 69.9 Å². The van der Waals surface area contributed by atoms with E-state index in [0.29, 0.717) is 0 Å². The predicted octanol–water partition coefficient (Wildman–Crippen LogP) is 10.5. The fourth-order valence-electron chi connectivity index (χ4n) is 5.89. The lowest BCUT2D eigenvalue weighted by atomic mass is 10.0. The molecule has 0 spiro atoms. The van der Waals surface area contributed by atoms with Crippen LogP contribution < -0.4 is 0 Å². The van der Waals surface area contributed by atoms with Gasteiger partial charge in [0, 0.05) is 36.6 Å². The fraction of sp³-hybridized carbons (Fsp3) is 0. The molecule has 0 saturated heterocycles. The Kier molecular flexibility index (Phi) is 4.76. The standard InChI is InChI=1S/C36H23NS/c1-4-11-24(12-5-1)26-19-21-32-31(23-26)29-20-22-33-34(35(29)37(32)27-15-8-3-9-16-27)30-18-10-17-28(36(30)38-33)25-13-6-2-7-14-25/h1-23H. The number of thiophene rings is 1. The second kappa shape index (κ2) is 8.44. The molecule has 0 aliphatic rings. The van der Waals surface area contributed by atoms with Crippen molar-refractivity contribution in [3.05, 3.63) is 140 Å². The van der Waals surface area contributed by atoms with Crippen molar-refractivity contribution >= 4 is 53.3 Å². The van der Waals surface area contributed by atoms with Crippen molar-refractivity contribution in [2.24, 2.45) is 0 Å². The Morgan fingerprint density at radius 2 is 1.18 bits per heavy atom. The molecular weight excluding hydrogens is 478 g/mol. The number of benzene rings is 6. The fourth-order valence-corrected chi connectivity index (χ4v) is 7.13. The summed E-state index contributed by atoms with van der Waals surface area (Å²) >= 11 is 1.90. The molecule has 2 heterocycles. The number of nitrogens with zero attached hydrogens (tertiary/aromatic N) is 1. The SMILES string of the molecule is c1ccc(-c2ccc3c(c2)c2ccc4sc5c(-c6ccccc6)cccc5c4c2n3-c2ccccc2)cc1. The first kappa shape index (κ1) is 21.4. The molecule has 0 aliphatic carbocycles. The Balaban J connectivity index is 1.53. The van der Waals surface area contributed by atoms with E-state index in [2.05, 4.69) is 144 Å². The van der Waals surface area contributed by atoms with Crippen molar-refractivity contribution in [1.29, 1.82) is 0 Å². The van der Waals surface area contributed by atoms with E-state index in [1.54, 1.807) is 0 Å². The molecule has 0 unspecified atom stereocenters. The van der Waals surface area contributed by atoms with E-state index in [9.17, 15) is 0 Å². The van der Waals surface area contributed by atoms with Crippen LogP contribution in [-0.4, -0.2) is 4.57 Å². The van der Waals surface area contributed by atoms with Gasteiger partial charge in [0.05, 0.1) is 11.0 Å². The molecule has 0 aliphatic heterocycles. The maximum absolute atomic E-state index is 2.46. The molecule has 0 amide bonds. The topological polar surface area (TPSA) is 4.93 Å². The van der Waals surface area contributed by atoms with E-state index >= 15 is 0 Å². The van der Waals surface area contributed by atoms with Gasteiger partial charge in [0.25, 0.3) is 0 Å². The molecule has 0 bridgehead atoms. The highest BCUT2D eigenvalue weighted by Crippen LogP contribution is 2.46. The normalized spacial score (nSPS) is 11.7.